The SMILES string of the molecule is CC(N)CO[Si](C)OCCN. The summed E-state index contributed by atoms with van der Waals surface area (Å²) in [6.07, 6.45) is 0. The van der Waals surface area contributed by atoms with Gasteiger partial charge in [-0.15, -0.1) is 0 Å². The van der Waals surface area contributed by atoms with Gasteiger partial charge in [-0.3, -0.25) is 0 Å². The van der Waals surface area contributed by atoms with Crippen LogP contribution in [0, 0.1) is 0 Å². The van der Waals surface area contributed by atoms with Crippen LogP contribution in [-0.4, -0.2) is 35.1 Å². The molecule has 0 rings (SSSR count). The summed E-state index contributed by atoms with van der Waals surface area (Å²) in [6, 6.07) is 0.0800. The third-order valence-corrected chi connectivity index (χ3v) is 2.16. The Hall–Kier alpha value is 0.0569. The lowest BCUT2D eigenvalue weighted by Crippen LogP contribution is -2.29. The molecule has 0 aromatic carbocycles. The minimum absolute atomic E-state index is 0.0800. The van der Waals surface area contributed by atoms with Crippen LogP contribution in [0.15, 0.2) is 0 Å². The zero-order valence-corrected chi connectivity index (χ0v) is 8.17. The van der Waals surface area contributed by atoms with Gasteiger partial charge in [0, 0.05) is 19.2 Å². The van der Waals surface area contributed by atoms with Crippen molar-refractivity contribution >= 4 is 9.28 Å². The molecule has 0 aromatic rings. The van der Waals surface area contributed by atoms with E-state index in [1.54, 1.807) is 0 Å². The third-order valence-electron chi connectivity index (χ3n) is 0.973. The van der Waals surface area contributed by atoms with Crippen molar-refractivity contribution in [1.29, 1.82) is 0 Å². The monoisotopic (exact) mass is 177 g/mol. The van der Waals surface area contributed by atoms with Crippen molar-refractivity contribution in [3.05, 3.63) is 0 Å². The summed E-state index contributed by atoms with van der Waals surface area (Å²) in [5, 5.41) is 0. The molecule has 1 radical (unpaired) electrons. The lowest BCUT2D eigenvalue weighted by molar-refractivity contribution is 0.198. The predicted octanol–water partition coefficient (Wildman–Crippen LogP) is -0.556. The Morgan fingerprint density at radius 2 is 2.09 bits per heavy atom. The average Bonchev–Trinajstić information content (AvgIpc) is 1.97. The minimum Gasteiger partial charge on any atom is -0.392 e. The van der Waals surface area contributed by atoms with Gasteiger partial charge in [-0.25, -0.2) is 0 Å². The second kappa shape index (κ2) is 6.75. The first-order valence-corrected chi connectivity index (χ1v) is 5.53. The van der Waals surface area contributed by atoms with E-state index in [4.69, 9.17) is 20.3 Å². The van der Waals surface area contributed by atoms with Crippen LogP contribution < -0.4 is 11.5 Å². The van der Waals surface area contributed by atoms with Crippen LogP contribution in [0.4, 0.5) is 0 Å². The van der Waals surface area contributed by atoms with E-state index in [1.165, 1.54) is 0 Å². The Labute approximate surface area is 69.7 Å². The maximum Gasteiger partial charge on any atom is 0.381 e. The van der Waals surface area contributed by atoms with Gasteiger partial charge >= 0.3 is 9.28 Å². The van der Waals surface area contributed by atoms with Gasteiger partial charge in [-0.05, 0) is 13.5 Å². The van der Waals surface area contributed by atoms with E-state index in [0.717, 1.165) is 0 Å². The summed E-state index contributed by atoms with van der Waals surface area (Å²) in [5.74, 6) is 0. The van der Waals surface area contributed by atoms with Crippen LogP contribution in [0.25, 0.3) is 0 Å². The van der Waals surface area contributed by atoms with Gasteiger partial charge in [0.1, 0.15) is 0 Å². The van der Waals surface area contributed by atoms with Crippen LogP contribution in [0.2, 0.25) is 6.55 Å². The van der Waals surface area contributed by atoms with E-state index >= 15 is 0 Å². The van der Waals surface area contributed by atoms with Gasteiger partial charge in [0.15, 0.2) is 0 Å². The van der Waals surface area contributed by atoms with E-state index in [9.17, 15) is 0 Å². The number of rotatable bonds is 6. The average molecular weight is 177 g/mol. The van der Waals surface area contributed by atoms with Crippen LogP contribution in [-0.2, 0) is 8.85 Å². The van der Waals surface area contributed by atoms with Crippen molar-refractivity contribution in [2.75, 3.05) is 19.8 Å². The highest BCUT2D eigenvalue weighted by molar-refractivity contribution is 6.42. The number of hydrogen-bond donors (Lipinski definition) is 2. The number of nitrogens with two attached hydrogens (primary N) is 2. The summed E-state index contributed by atoms with van der Waals surface area (Å²) in [7, 11) is -1.11. The van der Waals surface area contributed by atoms with E-state index in [1.807, 2.05) is 13.5 Å². The summed E-state index contributed by atoms with van der Waals surface area (Å²) in [4.78, 5) is 0. The van der Waals surface area contributed by atoms with E-state index in [0.29, 0.717) is 19.8 Å². The Balaban J connectivity index is 3.15. The highest BCUT2D eigenvalue weighted by atomic mass is 28.3. The van der Waals surface area contributed by atoms with Gasteiger partial charge in [0.2, 0.25) is 0 Å². The molecule has 11 heavy (non-hydrogen) atoms. The zero-order valence-electron chi connectivity index (χ0n) is 7.17. The second-order valence-corrected chi connectivity index (χ2v) is 3.98. The molecule has 0 aliphatic rings. The smallest absolute Gasteiger partial charge is 0.381 e. The lowest BCUT2D eigenvalue weighted by atomic mass is 10.4. The fraction of sp³-hybridized carbons (Fsp3) is 1.00. The molecule has 0 aliphatic carbocycles. The summed E-state index contributed by atoms with van der Waals surface area (Å²) in [6.45, 7) is 5.52. The van der Waals surface area contributed by atoms with Crippen molar-refractivity contribution in [3.63, 3.8) is 0 Å². The van der Waals surface area contributed by atoms with Crippen LogP contribution >= 0.6 is 0 Å². The molecule has 0 saturated heterocycles. The molecule has 0 aromatic heterocycles. The van der Waals surface area contributed by atoms with Crippen molar-refractivity contribution in [2.45, 2.75) is 19.5 Å². The van der Waals surface area contributed by atoms with Crippen molar-refractivity contribution in [3.8, 4) is 0 Å². The molecular weight excluding hydrogens is 160 g/mol. The largest absolute Gasteiger partial charge is 0.392 e. The fourth-order valence-corrected chi connectivity index (χ4v) is 1.48. The predicted molar refractivity (Wildman–Crippen MR) is 46.2 cm³/mol. The summed E-state index contributed by atoms with van der Waals surface area (Å²) >= 11 is 0. The molecule has 0 bridgehead atoms. The maximum absolute atomic E-state index is 5.48. The second-order valence-electron chi connectivity index (χ2n) is 2.42. The van der Waals surface area contributed by atoms with Crippen molar-refractivity contribution in [2.24, 2.45) is 11.5 Å². The molecule has 0 fully saturated rings. The highest BCUT2D eigenvalue weighted by Crippen LogP contribution is 1.89. The quantitative estimate of drug-likeness (QED) is 0.534. The maximum atomic E-state index is 5.48. The fourth-order valence-electron chi connectivity index (χ4n) is 0.493. The molecule has 4 N–H and O–H groups in total. The molecule has 0 amide bonds. The Kier molecular flexibility index (Phi) is 6.78. The van der Waals surface area contributed by atoms with Crippen molar-refractivity contribution in [1.82, 2.24) is 0 Å². The standard InChI is InChI=1S/C6H17N2O2Si/c1-6(8)5-10-11(2)9-4-3-7/h6H,3-5,7-8H2,1-2H3. The van der Waals surface area contributed by atoms with Crippen molar-refractivity contribution < 1.29 is 8.85 Å². The van der Waals surface area contributed by atoms with Crippen LogP contribution in [0.3, 0.4) is 0 Å². The Morgan fingerprint density at radius 1 is 1.45 bits per heavy atom. The van der Waals surface area contributed by atoms with E-state index in [2.05, 4.69) is 0 Å². The lowest BCUT2D eigenvalue weighted by Gasteiger charge is -2.11. The van der Waals surface area contributed by atoms with Gasteiger partial charge in [0.05, 0.1) is 6.61 Å². The Morgan fingerprint density at radius 3 is 2.55 bits per heavy atom. The third kappa shape index (κ3) is 7.96. The van der Waals surface area contributed by atoms with Gasteiger partial charge in [-0.2, -0.15) is 0 Å². The highest BCUT2D eigenvalue weighted by Gasteiger charge is 2.07. The van der Waals surface area contributed by atoms with Gasteiger partial charge < -0.3 is 20.3 Å². The molecule has 1 atom stereocenters. The van der Waals surface area contributed by atoms with Crippen LogP contribution in [0.5, 0.6) is 0 Å². The van der Waals surface area contributed by atoms with E-state index < -0.39 is 9.28 Å². The molecule has 5 heteroatoms. The normalized spacial score (nSPS) is 13.9. The minimum atomic E-state index is -1.11. The molecular formula is C6H17N2O2Si. The Bertz CT molecular complexity index is 92.7. The molecule has 0 saturated carbocycles. The summed E-state index contributed by atoms with van der Waals surface area (Å²) in [5.41, 5.74) is 10.7. The zero-order chi connectivity index (χ0) is 8.69. The first-order valence-electron chi connectivity index (χ1n) is 3.71. The molecule has 67 valence electrons. The molecule has 0 spiro atoms. The molecule has 0 heterocycles. The molecule has 0 aliphatic heterocycles. The number of hydrogen-bond acceptors (Lipinski definition) is 4. The van der Waals surface area contributed by atoms with Crippen LogP contribution in [0.1, 0.15) is 6.92 Å². The summed E-state index contributed by atoms with van der Waals surface area (Å²) < 4.78 is 10.5. The van der Waals surface area contributed by atoms with E-state index in [-0.39, 0.29) is 6.04 Å². The van der Waals surface area contributed by atoms with Gasteiger partial charge in [-0.1, -0.05) is 0 Å². The first-order chi connectivity index (χ1) is 5.16. The topological polar surface area (TPSA) is 70.5 Å². The molecule has 1 unspecified atom stereocenters. The molecule has 4 nitrogen and oxygen atoms in total. The van der Waals surface area contributed by atoms with Gasteiger partial charge in [0.25, 0.3) is 0 Å². The first kappa shape index (κ1) is 11.1.